The van der Waals surface area contributed by atoms with Crippen LogP contribution in [0.3, 0.4) is 0 Å². The number of halogens is 3. The van der Waals surface area contributed by atoms with Gasteiger partial charge in [0, 0.05) is 10.9 Å². The lowest BCUT2D eigenvalue weighted by molar-refractivity contribution is -0.135. The lowest BCUT2D eigenvalue weighted by Crippen LogP contribution is -2.12. The van der Waals surface area contributed by atoms with Crippen molar-refractivity contribution in [3.05, 3.63) is 84.1 Å². The number of hydrogen-bond donors (Lipinski definition) is 0. The van der Waals surface area contributed by atoms with E-state index < -0.39 is 17.2 Å². The highest BCUT2D eigenvalue weighted by molar-refractivity contribution is 6.06. The third-order valence-electron chi connectivity index (χ3n) is 5.56. The van der Waals surface area contributed by atoms with Gasteiger partial charge >= 0.3 is 6.18 Å². The van der Waals surface area contributed by atoms with E-state index in [2.05, 4.69) is 9.97 Å². The van der Waals surface area contributed by atoms with Crippen molar-refractivity contribution in [3.8, 4) is 11.3 Å². The SMILES string of the molecule is [2H]c1cc2cc3c(-c4cc(C(C)(C)C)c5cc([2H])c([2H])c([2H])c5c4)ncnc3c(C(F)(F)F)c2cc1[2H]. The maximum absolute atomic E-state index is 14.3. The number of benzene rings is 4. The molecule has 0 saturated heterocycles. The van der Waals surface area contributed by atoms with Gasteiger partial charge in [-0.05, 0) is 50.7 Å². The van der Waals surface area contributed by atoms with Gasteiger partial charge in [0.1, 0.15) is 6.33 Å². The zero-order chi connectivity index (χ0) is 27.0. The summed E-state index contributed by atoms with van der Waals surface area (Å²) in [4.78, 5) is 8.32. The summed E-state index contributed by atoms with van der Waals surface area (Å²) in [6.45, 7) is 5.86. The van der Waals surface area contributed by atoms with E-state index in [0.717, 1.165) is 18.0 Å². The van der Waals surface area contributed by atoms with E-state index in [1.165, 1.54) is 12.1 Å². The first-order chi connectivity index (χ1) is 17.2. The first kappa shape index (κ1) is 15.4. The number of hydrogen-bond acceptors (Lipinski definition) is 2. The van der Waals surface area contributed by atoms with E-state index in [9.17, 15) is 13.2 Å². The van der Waals surface area contributed by atoms with Crippen LogP contribution in [0.5, 0.6) is 0 Å². The second-order valence-electron chi connectivity index (χ2n) is 8.72. The van der Waals surface area contributed by atoms with Gasteiger partial charge in [0.15, 0.2) is 0 Å². The molecule has 32 heavy (non-hydrogen) atoms. The van der Waals surface area contributed by atoms with Crippen LogP contribution in [0.2, 0.25) is 0 Å². The third kappa shape index (κ3) is 3.29. The molecule has 0 radical (unpaired) electrons. The topological polar surface area (TPSA) is 25.8 Å². The van der Waals surface area contributed by atoms with Crippen molar-refractivity contribution in [2.24, 2.45) is 0 Å². The summed E-state index contributed by atoms with van der Waals surface area (Å²) >= 11 is 0. The molecule has 0 amide bonds. The summed E-state index contributed by atoms with van der Waals surface area (Å²) in [6, 6.07) is 7.74. The normalized spacial score (nSPS) is 14.9. The van der Waals surface area contributed by atoms with Gasteiger partial charge in [-0.15, -0.1) is 0 Å². The Labute approximate surface area is 190 Å². The molecule has 0 aliphatic heterocycles. The first-order valence-corrected chi connectivity index (χ1v) is 9.99. The third-order valence-corrected chi connectivity index (χ3v) is 5.56. The monoisotopic (exact) mass is 435 g/mol. The summed E-state index contributed by atoms with van der Waals surface area (Å²) < 4.78 is 83.6. The van der Waals surface area contributed by atoms with Gasteiger partial charge in [0.05, 0.1) is 23.6 Å². The van der Waals surface area contributed by atoms with E-state index in [4.69, 9.17) is 6.85 Å². The molecule has 1 heterocycles. The molecule has 0 atom stereocenters. The van der Waals surface area contributed by atoms with Crippen LogP contribution in [-0.2, 0) is 11.6 Å². The smallest absolute Gasteiger partial charge is 0.236 e. The number of aromatic nitrogens is 2. The fourth-order valence-electron chi connectivity index (χ4n) is 4.14. The fourth-order valence-corrected chi connectivity index (χ4v) is 4.14. The zero-order valence-electron chi connectivity index (χ0n) is 22.6. The van der Waals surface area contributed by atoms with Crippen molar-refractivity contribution in [2.45, 2.75) is 32.4 Å². The number of nitrogens with zero attached hydrogens (tertiary/aromatic N) is 2. The molecule has 0 bridgehead atoms. The second kappa shape index (κ2) is 7.02. The standard InChI is InChI=1S/C27H21F3N2/c1-26(2,3)22-14-18(12-16-8-4-6-10-19(16)22)24-21-13-17-9-5-7-11-20(17)23(27(28,29)30)25(21)32-15-31-24/h4-15H,1-3H3/i4D,5D,6D,7D,8D. The highest BCUT2D eigenvalue weighted by Crippen LogP contribution is 2.42. The summed E-state index contributed by atoms with van der Waals surface area (Å²) in [7, 11) is 0. The lowest BCUT2D eigenvalue weighted by Gasteiger charge is -2.23. The van der Waals surface area contributed by atoms with Crippen molar-refractivity contribution in [1.29, 1.82) is 0 Å². The molecule has 5 heteroatoms. The summed E-state index contributed by atoms with van der Waals surface area (Å²) in [5.41, 5.74) is -0.347. The Kier molecular flexibility index (Phi) is 3.37. The first-order valence-electron chi connectivity index (χ1n) is 12.5. The van der Waals surface area contributed by atoms with Crippen LogP contribution in [0.15, 0.2) is 72.9 Å². The van der Waals surface area contributed by atoms with E-state index in [1.54, 1.807) is 18.2 Å². The van der Waals surface area contributed by atoms with Gasteiger partial charge < -0.3 is 0 Å². The van der Waals surface area contributed by atoms with Crippen molar-refractivity contribution in [3.63, 3.8) is 0 Å². The van der Waals surface area contributed by atoms with Crippen LogP contribution < -0.4 is 0 Å². The van der Waals surface area contributed by atoms with Crippen molar-refractivity contribution >= 4 is 32.4 Å². The minimum absolute atomic E-state index is 0.0792. The quantitative estimate of drug-likeness (QED) is 0.250. The maximum atomic E-state index is 14.3. The summed E-state index contributed by atoms with van der Waals surface area (Å²) in [6.07, 6.45) is -3.72. The van der Waals surface area contributed by atoms with Crippen LogP contribution in [0, 0.1) is 0 Å². The number of rotatable bonds is 1. The summed E-state index contributed by atoms with van der Waals surface area (Å²) in [5, 5.41) is 1.08. The predicted molar refractivity (Wildman–Crippen MR) is 124 cm³/mol. The zero-order valence-corrected chi connectivity index (χ0v) is 17.6. The highest BCUT2D eigenvalue weighted by atomic mass is 19.4. The van der Waals surface area contributed by atoms with Gasteiger partial charge in [-0.3, -0.25) is 0 Å². The van der Waals surface area contributed by atoms with Crippen LogP contribution in [0.25, 0.3) is 43.7 Å². The Bertz CT molecular complexity index is 1760. The molecule has 1 aromatic heterocycles. The van der Waals surface area contributed by atoms with Gasteiger partial charge in [-0.2, -0.15) is 13.2 Å². The molecular formula is C27H21F3N2. The lowest BCUT2D eigenvalue weighted by atomic mass is 9.82. The van der Waals surface area contributed by atoms with Gasteiger partial charge in [0.25, 0.3) is 0 Å². The van der Waals surface area contributed by atoms with Crippen LogP contribution >= 0.6 is 0 Å². The molecule has 0 fully saturated rings. The molecule has 160 valence electrons. The Balaban J connectivity index is 1.95. The Hall–Kier alpha value is -3.47. The number of fused-ring (bicyclic) bond motifs is 3. The van der Waals surface area contributed by atoms with E-state index in [0.29, 0.717) is 16.3 Å². The minimum atomic E-state index is -4.78. The molecule has 5 rings (SSSR count). The van der Waals surface area contributed by atoms with Crippen molar-refractivity contribution in [2.75, 3.05) is 0 Å². The second-order valence-corrected chi connectivity index (χ2v) is 8.72. The molecule has 5 aromatic rings. The van der Waals surface area contributed by atoms with E-state index in [1.807, 2.05) is 20.8 Å². The number of alkyl halides is 3. The average molecular weight is 436 g/mol. The molecule has 0 saturated carbocycles. The molecule has 2 nitrogen and oxygen atoms in total. The Morgan fingerprint density at radius 2 is 1.50 bits per heavy atom. The largest absolute Gasteiger partial charge is 0.419 e. The summed E-state index contributed by atoms with van der Waals surface area (Å²) in [5.74, 6) is 0. The fraction of sp³-hybridized carbons (Fsp3) is 0.185. The van der Waals surface area contributed by atoms with E-state index >= 15 is 0 Å². The van der Waals surface area contributed by atoms with Gasteiger partial charge in [-0.1, -0.05) is 69.2 Å². The van der Waals surface area contributed by atoms with Crippen LogP contribution in [0.1, 0.15) is 38.8 Å². The predicted octanol–water partition coefficient (Wildman–Crippen LogP) is 7.92. The van der Waals surface area contributed by atoms with Gasteiger partial charge in [0.2, 0.25) is 0 Å². The highest BCUT2D eigenvalue weighted by Gasteiger charge is 2.36. The Morgan fingerprint density at radius 1 is 0.781 bits per heavy atom. The van der Waals surface area contributed by atoms with Crippen LogP contribution in [0.4, 0.5) is 13.2 Å². The molecule has 0 unspecified atom stereocenters. The molecule has 0 spiro atoms. The van der Waals surface area contributed by atoms with E-state index in [-0.39, 0.29) is 57.6 Å². The molecule has 0 aliphatic carbocycles. The average Bonchev–Trinajstić information content (AvgIpc) is 2.80. The van der Waals surface area contributed by atoms with Crippen molar-refractivity contribution in [1.82, 2.24) is 9.97 Å². The molecule has 0 aliphatic rings. The van der Waals surface area contributed by atoms with Crippen LogP contribution in [-0.4, -0.2) is 9.97 Å². The minimum Gasteiger partial charge on any atom is -0.236 e. The molecule has 4 aromatic carbocycles. The molecule has 0 N–H and O–H groups in total. The Morgan fingerprint density at radius 3 is 2.25 bits per heavy atom. The van der Waals surface area contributed by atoms with Gasteiger partial charge in [-0.25, -0.2) is 9.97 Å². The maximum Gasteiger partial charge on any atom is 0.419 e. The molecular weight excluding hydrogens is 409 g/mol. The van der Waals surface area contributed by atoms with Crippen molar-refractivity contribution < 1.29 is 20.0 Å².